The molecule has 0 N–H and O–H groups in total. The van der Waals surface area contributed by atoms with Gasteiger partial charge in [-0.15, -0.1) is 0 Å². The van der Waals surface area contributed by atoms with Crippen molar-refractivity contribution in [2.24, 2.45) is 0 Å². The van der Waals surface area contributed by atoms with Crippen LogP contribution in [0.5, 0.6) is 0 Å². The number of hydrogen-bond donors (Lipinski definition) is 0. The third kappa shape index (κ3) is 1.67. The summed E-state index contributed by atoms with van der Waals surface area (Å²) in [5.74, 6) is 0. The van der Waals surface area contributed by atoms with E-state index in [1.807, 2.05) is 0 Å². The molecule has 0 atom stereocenters. The topological polar surface area (TPSA) is 0 Å². The molecule has 2 heteroatoms. The number of thiophene rings is 2. The zero-order chi connectivity index (χ0) is 15.7. The summed E-state index contributed by atoms with van der Waals surface area (Å²) < 4.78 is 0. The zero-order valence-corrected chi connectivity index (χ0v) is 14.4. The minimum absolute atomic E-state index is 1.32. The summed E-state index contributed by atoms with van der Waals surface area (Å²) in [5, 5.41) is 22.4. The zero-order valence-electron chi connectivity index (χ0n) is 12.7. The maximum absolute atomic E-state index is 2.37. The van der Waals surface area contributed by atoms with Gasteiger partial charge in [0.25, 0.3) is 0 Å². The smallest absolute Gasteiger partial charge is 0.000205 e. The summed E-state index contributed by atoms with van der Waals surface area (Å²) in [4.78, 5) is 0. The van der Waals surface area contributed by atoms with Crippen molar-refractivity contribution in [2.75, 3.05) is 0 Å². The van der Waals surface area contributed by atoms with Crippen LogP contribution < -0.4 is 0 Å². The quantitative estimate of drug-likeness (QED) is 0.250. The lowest BCUT2D eigenvalue weighted by Crippen LogP contribution is -1.80. The van der Waals surface area contributed by atoms with E-state index in [4.69, 9.17) is 0 Å². The number of fused-ring (bicyclic) bond motifs is 7. The Hall–Kier alpha value is -2.42. The van der Waals surface area contributed by atoms with Crippen molar-refractivity contribution in [3.8, 4) is 0 Å². The highest BCUT2D eigenvalue weighted by molar-refractivity contribution is 7.09. The van der Waals surface area contributed by atoms with Gasteiger partial charge in [0.2, 0.25) is 0 Å². The van der Waals surface area contributed by atoms with E-state index in [1.165, 1.54) is 53.9 Å². The molecule has 0 saturated heterocycles. The molecule has 6 rings (SSSR count). The average molecular weight is 340 g/mol. The second kappa shape index (κ2) is 4.56. The van der Waals surface area contributed by atoms with Crippen LogP contribution >= 0.6 is 22.7 Å². The second-order valence-corrected chi connectivity index (χ2v) is 7.86. The van der Waals surface area contributed by atoms with E-state index in [2.05, 4.69) is 70.1 Å². The van der Waals surface area contributed by atoms with Gasteiger partial charge in [0.05, 0.1) is 0 Å². The van der Waals surface area contributed by atoms with Gasteiger partial charge in [-0.3, -0.25) is 0 Å². The highest BCUT2D eigenvalue weighted by Gasteiger charge is 2.07. The summed E-state index contributed by atoms with van der Waals surface area (Å²) in [7, 11) is 0. The van der Waals surface area contributed by atoms with Gasteiger partial charge in [-0.1, -0.05) is 24.3 Å². The Balaban J connectivity index is 1.83. The molecule has 112 valence electrons. The maximum Gasteiger partial charge on any atom is 0.000205 e. The summed E-state index contributed by atoms with van der Waals surface area (Å²) in [5.41, 5.74) is 0. The van der Waals surface area contributed by atoms with Crippen molar-refractivity contribution < 1.29 is 0 Å². The Bertz CT molecular complexity index is 1290. The lowest BCUT2D eigenvalue weighted by atomic mass is 9.96. The largest absolute Gasteiger partial charge is 0.151 e. The van der Waals surface area contributed by atoms with Crippen molar-refractivity contribution in [1.29, 1.82) is 0 Å². The van der Waals surface area contributed by atoms with Crippen LogP contribution in [0.15, 0.2) is 70.1 Å². The molecule has 0 fully saturated rings. The van der Waals surface area contributed by atoms with E-state index < -0.39 is 0 Å². The van der Waals surface area contributed by atoms with Gasteiger partial charge in [0.1, 0.15) is 0 Å². The Morgan fingerprint density at radius 2 is 0.833 bits per heavy atom. The monoisotopic (exact) mass is 340 g/mol. The standard InChI is InChI=1S/C22H12S2/c1-3-15-9-23-11-21(15)19-7-18-8-20-14(6-17(18)5-13(1)19)2-4-16-10-24-12-22(16)20/h1-12H. The molecule has 2 aromatic heterocycles. The molecule has 2 heterocycles. The predicted octanol–water partition coefficient (Wildman–Crippen LogP) is 7.58. The first-order chi connectivity index (χ1) is 11.9. The summed E-state index contributed by atoms with van der Waals surface area (Å²) in [6.45, 7) is 0. The molecule has 0 aliphatic rings. The van der Waals surface area contributed by atoms with Crippen LogP contribution in [-0.4, -0.2) is 0 Å². The number of benzene rings is 4. The third-order valence-electron chi connectivity index (χ3n) is 5.03. The average Bonchev–Trinajstić information content (AvgIpc) is 3.27. The van der Waals surface area contributed by atoms with Gasteiger partial charge >= 0.3 is 0 Å². The molecule has 24 heavy (non-hydrogen) atoms. The lowest BCUT2D eigenvalue weighted by Gasteiger charge is -2.07. The van der Waals surface area contributed by atoms with E-state index >= 15 is 0 Å². The van der Waals surface area contributed by atoms with Crippen LogP contribution in [0.4, 0.5) is 0 Å². The number of hydrogen-bond acceptors (Lipinski definition) is 2. The minimum atomic E-state index is 1.32. The molecule has 0 unspecified atom stereocenters. The summed E-state index contributed by atoms with van der Waals surface area (Å²) in [6.07, 6.45) is 0. The van der Waals surface area contributed by atoms with Gasteiger partial charge in [0, 0.05) is 10.8 Å². The summed E-state index contributed by atoms with van der Waals surface area (Å²) in [6, 6.07) is 18.4. The minimum Gasteiger partial charge on any atom is -0.151 e. The molecule has 0 spiro atoms. The van der Waals surface area contributed by atoms with Gasteiger partial charge < -0.3 is 0 Å². The molecule has 0 aliphatic heterocycles. The van der Waals surface area contributed by atoms with Crippen LogP contribution in [0, 0.1) is 0 Å². The molecule has 0 bridgehead atoms. The Labute approximate surface area is 146 Å². The van der Waals surface area contributed by atoms with Gasteiger partial charge in [-0.25, -0.2) is 0 Å². The van der Waals surface area contributed by atoms with E-state index in [0.717, 1.165) is 0 Å². The number of rotatable bonds is 0. The van der Waals surface area contributed by atoms with Crippen molar-refractivity contribution >= 4 is 76.5 Å². The molecule has 0 amide bonds. The van der Waals surface area contributed by atoms with E-state index in [9.17, 15) is 0 Å². The molecule has 6 aromatic rings. The molecule has 0 aliphatic carbocycles. The molecule has 0 radical (unpaired) electrons. The van der Waals surface area contributed by atoms with Crippen LogP contribution in [-0.2, 0) is 0 Å². The van der Waals surface area contributed by atoms with Crippen molar-refractivity contribution in [3.63, 3.8) is 0 Å². The fraction of sp³-hybridized carbons (Fsp3) is 0. The fourth-order valence-corrected chi connectivity index (χ4v) is 5.43. The predicted molar refractivity (Wildman–Crippen MR) is 110 cm³/mol. The maximum atomic E-state index is 2.37. The van der Waals surface area contributed by atoms with Crippen molar-refractivity contribution in [3.05, 3.63) is 70.1 Å². The highest BCUT2D eigenvalue weighted by atomic mass is 32.1. The van der Waals surface area contributed by atoms with Crippen LogP contribution in [0.1, 0.15) is 0 Å². The second-order valence-electron chi connectivity index (χ2n) is 6.37. The van der Waals surface area contributed by atoms with Crippen LogP contribution in [0.3, 0.4) is 0 Å². The lowest BCUT2D eigenvalue weighted by molar-refractivity contribution is 1.86. The molecule has 0 saturated carbocycles. The molecule has 0 nitrogen and oxygen atoms in total. The van der Waals surface area contributed by atoms with Gasteiger partial charge in [-0.2, -0.15) is 22.7 Å². The van der Waals surface area contributed by atoms with E-state index in [1.54, 1.807) is 22.7 Å². The first-order valence-electron chi connectivity index (χ1n) is 7.98. The van der Waals surface area contributed by atoms with Crippen molar-refractivity contribution in [2.45, 2.75) is 0 Å². The Morgan fingerprint density at radius 1 is 0.375 bits per heavy atom. The van der Waals surface area contributed by atoms with Gasteiger partial charge in [-0.05, 0) is 88.9 Å². The molecular formula is C22H12S2. The fourth-order valence-electron chi connectivity index (χ4n) is 3.80. The first-order valence-corrected chi connectivity index (χ1v) is 9.86. The highest BCUT2D eigenvalue weighted by Crippen LogP contribution is 2.35. The SMILES string of the molecule is c1cc2cc3cc4ccc5cscc5c4cc3cc2c2cscc12. The Morgan fingerprint density at radius 3 is 1.38 bits per heavy atom. The van der Waals surface area contributed by atoms with Gasteiger partial charge in [0.15, 0.2) is 0 Å². The first kappa shape index (κ1) is 12.9. The molecule has 4 aromatic carbocycles. The van der Waals surface area contributed by atoms with Crippen molar-refractivity contribution in [1.82, 2.24) is 0 Å². The molecular weight excluding hydrogens is 328 g/mol. The normalized spacial score (nSPS) is 12.2. The van der Waals surface area contributed by atoms with E-state index in [0.29, 0.717) is 0 Å². The Kier molecular flexibility index (Phi) is 2.46. The van der Waals surface area contributed by atoms with E-state index in [-0.39, 0.29) is 0 Å². The van der Waals surface area contributed by atoms with Crippen LogP contribution in [0.25, 0.3) is 53.9 Å². The third-order valence-corrected chi connectivity index (χ3v) is 6.55. The van der Waals surface area contributed by atoms with Crippen LogP contribution in [0.2, 0.25) is 0 Å². The summed E-state index contributed by atoms with van der Waals surface area (Å²) >= 11 is 3.56.